The van der Waals surface area contributed by atoms with Gasteiger partial charge in [-0.2, -0.15) is 0 Å². The summed E-state index contributed by atoms with van der Waals surface area (Å²) in [5, 5.41) is 5.85. The number of benzene rings is 2. The van der Waals surface area contributed by atoms with Gasteiger partial charge >= 0.3 is 6.03 Å². The number of nitrogens with zero attached hydrogens (tertiary/aromatic N) is 1. The SMILES string of the molecule is C#CCOc1ccc(CCNC(=O)NCC(c2ccccc2)N(C)C)cc1. The lowest BCUT2D eigenvalue weighted by molar-refractivity contribution is 0.233. The Balaban J connectivity index is 1.73. The molecule has 142 valence electrons. The quantitative estimate of drug-likeness (QED) is 0.672. The fourth-order valence-electron chi connectivity index (χ4n) is 2.72. The molecule has 2 aromatic rings. The lowest BCUT2D eigenvalue weighted by Gasteiger charge is -2.25. The van der Waals surface area contributed by atoms with Crippen molar-refractivity contribution in [1.29, 1.82) is 0 Å². The minimum atomic E-state index is -0.160. The fraction of sp³-hybridized carbons (Fsp3) is 0.318. The minimum Gasteiger partial charge on any atom is -0.481 e. The molecule has 0 aromatic heterocycles. The summed E-state index contributed by atoms with van der Waals surface area (Å²) in [6.07, 6.45) is 5.92. The second-order valence-electron chi connectivity index (χ2n) is 6.41. The summed E-state index contributed by atoms with van der Waals surface area (Å²) in [5.74, 6) is 3.18. The molecule has 1 atom stereocenters. The summed E-state index contributed by atoms with van der Waals surface area (Å²) in [6.45, 7) is 1.37. The largest absolute Gasteiger partial charge is 0.481 e. The van der Waals surface area contributed by atoms with E-state index in [1.807, 2.05) is 56.6 Å². The van der Waals surface area contributed by atoms with Gasteiger partial charge in [0.2, 0.25) is 0 Å². The van der Waals surface area contributed by atoms with Crippen LogP contribution in [0.25, 0.3) is 0 Å². The highest BCUT2D eigenvalue weighted by atomic mass is 16.5. The normalized spacial score (nSPS) is 11.5. The predicted molar refractivity (Wildman–Crippen MR) is 109 cm³/mol. The summed E-state index contributed by atoms with van der Waals surface area (Å²) in [5.41, 5.74) is 2.30. The number of rotatable bonds is 9. The molecule has 0 aliphatic heterocycles. The molecule has 2 aromatic carbocycles. The Labute approximate surface area is 161 Å². The molecule has 0 bridgehead atoms. The number of carbonyl (C=O) groups excluding carboxylic acids is 1. The van der Waals surface area contributed by atoms with Crippen molar-refractivity contribution in [1.82, 2.24) is 15.5 Å². The van der Waals surface area contributed by atoms with Gasteiger partial charge in [0, 0.05) is 13.1 Å². The van der Waals surface area contributed by atoms with Gasteiger partial charge in [-0.15, -0.1) is 6.42 Å². The first-order valence-electron chi connectivity index (χ1n) is 8.98. The Bertz CT molecular complexity index is 736. The van der Waals surface area contributed by atoms with E-state index in [9.17, 15) is 4.79 Å². The Morgan fingerprint density at radius 2 is 1.81 bits per heavy atom. The van der Waals surface area contributed by atoms with E-state index in [4.69, 9.17) is 11.2 Å². The maximum atomic E-state index is 12.1. The molecule has 2 amide bonds. The van der Waals surface area contributed by atoms with Crippen LogP contribution in [-0.4, -0.2) is 44.7 Å². The molecule has 2 rings (SSSR count). The monoisotopic (exact) mass is 365 g/mol. The van der Waals surface area contributed by atoms with Crippen LogP contribution in [0.3, 0.4) is 0 Å². The van der Waals surface area contributed by atoms with Gasteiger partial charge in [0.25, 0.3) is 0 Å². The zero-order chi connectivity index (χ0) is 19.5. The molecular formula is C22H27N3O2. The van der Waals surface area contributed by atoms with E-state index in [2.05, 4.69) is 33.6 Å². The third kappa shape index (κ3) is 7.04. The molecule has 0 saturated carbocycles. The number of carbonyl (C=O) groups is 1. The average Bonchev–Trinajstić information content (AvgIpc) is 2.68. The van der Waals surface area contributed by atoms with E-state index in [0.717, 1.165) is 17.7 Å². The van der Waals surface area contributed by atoms with Gasteiger partial charge in [-0.25, -0.2) is 4.79 Å². The van der Waals surface area contributed by atoms with Crippen LogP contribution in [-0.2, 0) is 6.42 Å². The molecule has 0 aliphatic carbocycles. The molecule has 0 radical (unpaired) electrons. The van der Waals surface area contributed by atoms with Crippen LogP contribution in [0.4, 0.5) is 4.79 Å². The van der Waals surface area contributed by atoms with Crippen LogP contribution in [0.5, 0.6) is 5.75 Å². The van der Waals surface area contributed by atoms with E-state index in [1.54, 1.807) is 0 Å². The molecule has 0 saturated heterocycles. The molecule has 2 N–H and O–H groups in total. The Hall–Kier alpha value is -2.97. The zero-order valence-corrected chi connectivity index (χ0v) is 15.9. The summed E-state index contributed by atoms with van der Waals surface area (Å²) in [6, 6.07) is 17.8. The van der Waals surface area contributed by atoms with Gasteiger partial charge in [-0.3, -0.25) is 0 Å². The van der Waals surface area contributed by atoms with E-state index in [-0.39, 0.29) is 18.7 Å². The number of ether oxygens (including phenoxy) is 1. The third-order valence-corrected chi connectivity index (χ3v) is 4.21. The first-order chi connectivity index (χ1) is 13.1. The molecule has 27 heavy (non-hydrogen) atoms. The first-order valence-corrected chi connectivity index (χ1v) is 8.98. The number of hydrogen-bond acceptors (Lipinski definition) is 3. The Morgan fingerprint density at radius 1 is 1.11 bits per heavy atom. The van der Waals surface area contributed by atoms with Crippen molar-refractivity contribution >= 4 is 6.03 Å². The highest BCUT2D eigenvalue weighted by Crippen LogP contribution is 2.16. The number of nitrogens with one attached hydrogen (secondary N) is 2. The summed E-state index contributed by atoms with van der Waals surface area (Å²) in [4.78, 5) is 14.2. The van der Waals surface area contributed by atoms with Crippen molar-refractivity contribution in [2.45, 2.75) is 12.5 Å². The fourth-order valence-corrected chi connectivity index (χ4v) is 2.72. The van der Waals surface area contributed by atoms with Gasteiger partial charge < -0.3 is 20.3 Å². The Morgan fingerprint density at radius 3 is 2.44 bits per heavy atom. The number of amides is 2. The zero-order valence-electron chi connectivity index (χ0n) is 15.9. The smallest absolute Gasteiger partial charge is 0.314 e. The van der Waals surface area contributed by atoms with Crippen LogP contribution in [0.1, 0.15) is 17.2 Å². The molecule has 5 nitrogen and oxygen atoms in total. The summed E-state index contributed by atoms with van der Waals surface area (Å²) in [7, 11) is 4.02. The van der Waals surface area contributed by atoms with Crippen LogP contribution in [0.2, 0.25) is 0 Å². The van der Waals surface area contributed by atoms with Gasteiger partial charge in [0.05, 0.1) is 6.04 Å². The predicted octanol–water partition coefficient (Wildman–Crippen LogP) is 2.84. The van der Waals surface area contributed by atoms with E-state index < -0.39 is 0 Å². The van der Waals surface area contributed by atoms with Crippen LogP contribution >= 0.6 is 0 Å². The highest BCUT2D eigenvalue weighted by molar-refractivity contribution is 5.73. The topological polar surface area (TPSA) is 53.6 Å². The molecule has 0 aliphatic rings. The van der Waals surface area contributed by atoms with E-state index in [1.165, 1.54) is 5.56 Å². The second kappa shape index (κ2) is 10.9. The third-order valence-electron chi connectivity index (χ3n) is 4.21. The molecule has 0 heterocycles. The van der Waals surface area contributed by atoms with Crippen molar-refractivity contribution in [2.75, 3.05) is 33.8 Å². The number of hydrogen-bond donors (Lipinski definition) is 2. The Kier molecular flexibility index (Phi) is 8.21. The van der Waals surface area contributed by atoms with Crippen LogP contribution in [0.15, 0.2) is 54.6 Å². The van der Waals surface area contributed by atoms with Crippen LogP contribution < -0.4 is 15.4 Å². The standard InChI is InChI=1S/C22H27N3O2/c1-4-16-27-20-12-10-18(11-13-20)14-15-23-22(26)24-17-21(25(2)3)19-8-6-5-7-9-19/h1,5-13,21H,14-17H2,2-3H3,(H2,23,24,26). The lowest BCUT2D eigenvalue weighted by atomic mass is 10.1. The van der Waals surface area contributed by atoms with Crippen molar-refractivity contribution in [2.24, 2.45) is 0 Å². The summed E-state index contributed by atoms with van der Waals surface area (Å²) >= 11 is 0. The van der Waals surface area contributed by atoms with Gasteiger partial charge in [-0.05, 0) is 43.8 Å². The molecule has 1 unspecified atom stereocenters. The van der Waals surface area contributed by atoms with E-state index in [0.29, 0.717) is 13.1 Å². The maximum Gasteiger partial charge on any atom is 0.314 e. The number of terminal acetylenes is 1. The summed E-state index contributed by atoms with van der Waals surface area (Å²) < 4.78 is 5.34. The van der Waals surface area contributed by atoms with Gasteiger partial charge in [-0.1, -0.05) is 48.4 Å². The van der Waals surface area contributed by atoms with Crippen molar-refractivity contribution < 1.29 is 9.53 Å². The molecule has 0 spiro atoms. The molecular weight excluding hydrogens is 338 g/mol. The van der Waals surface area contributed by atoms with Crippen molar-refractivity contribution in [3.63, 3.8) is 0 Å². The maximum absolute atomic E-state index is 12.1. The average molecular weight is 365 g/mol. The number of urea groups is 1. The lowest BCUT2D eigenvalue weighted by Crippen LogP contribution is -2.41. The van der Waals surface area contributed by atoms with Gasteiger partial charge in [0.1, 0.15) is 12.4 Å². The minimum absolute atomic E-state index is 0.132. The molecule has 0 fully saturated rings. The van der Waals surface area contributed by atoms with E-state index >= 15 is 0 Å². The number of likely N-dealkylation sites (N-methyl/N-ethyl adjacent to an activating group) is 1. The van der Waals surface area contributed by atoms with Crippen molar-refractivity contribution in [3.8, 4) is 18.1 Å². The molecule has 5 heteroatoms. The van der Waals surface area contributed by atoms with Crippen LogP contribution in [0, 0.1) is 12.3 Å². The second-order valence-corrected chi connectivity index (χ2v) is 6.41. The van der Waals surface area contributed by atoms with Gasteiger partial charge in [0.15, 0.2) is 0 Å². The first kappa shape index (κ1) is 20.3. The highest BCUT2D eigenvalue weighted by Gasteiger charge is 2.14. The van der Waals surface area contributed by atoms with Crippen molar-refractivity contribution in [3.05, 3.63) is 65.7 Å².